The summed E-state index contributed by atoms with van der Waals surface area (Å²) in [6.07, 6.45) is 1.89. The maximum Gasteiger partial charge on any atom is 0.301 e. The number of amides is 1. The average molecular weight is 587 g/mol. The van der Waals surface area contributed by atoms with Crippen LogP contribution in [0.5, 0.6) is 17.2 Å². The van der Waals surface area contributed by atoms with Crippen molar-refractivity contribution in [2.75, 3.05) is 24.7 Å². The van der Waals surface area contributed by atoms with Crippen molar-refractivity contribution in [2.24, 2.45) is 0 Å². The SMILES string of the molecule is CCCCOc1ccc(C2/C(=C(\O)c3ccc(OCC)cc3)C(=O)C(=O)N2c2nc3ccc(C)cc3s2)cc1OCC. The lowest BCUT2D eigenvalue weighted by Gasteiger charge is -2.24. The number of carbonyl (C=O) groups excluding carboxylic acids is 2. The van der Waals surface area contributed by atoms with Gasteiger partial charge in [0.25, 0.3) is 5.78 Å². The first-order chi connectivity index (χ1) is 20.4. The highest BCUT2D eigenvalue weighted by Gasteiger charge is 2.48. The number of benzene rings is 3. The number of hydrogen-bond donors (Lipinski definition) is 1. The molecular weight excluding hydrogens is 552 g/mol. The summed E-state index contributed by atoms with van der Waals surface area (Å²) in [5.74, 6) is -0.115. The molecule has 2 heterocycles. The summed E-state index contributed by atoms with van der Waals surface area (Å²) < 4.78 is 18.3. The number of rotatable bonds is 11. The lowest BCUT2D eigenvalue weighted by atomic mass is 9.95. The third kappa shape index (κ3) is 5.69. The largest absolute Gasteiger partial charge is 0.507 e. The Bertz CT molecular complexity index is 1640. The number of aryl methyl sites for hydroxylation is 1. The lowest BCUT2D eigenvalue weighted by molar-refractivity contribution is -0.132. The fourth-order valence-electron chi connectivity index (χ4n) is 4.91. The van der Waals surface area contributed by atoms with E-state index in [1.807, 2.05) is 39.0 Å². The Morgan fingerprint density at radius 3 is 2.40 bits per heavy atom. The van der Waals surface area contributed by atoms with E-state index < -0.39 is 17.7 Å². The van der Waals surface area contributed by atoms with Crippen LogP contribution in [0.2, 0.25) is 0 Å². The second kappa shape index (κ2) is 12.7. The number of carbonyl (C=O) groups is 2. The van der Waals surface area contributed by atoms with Crippen LogP contribution in [0, 0.1) is 6.92 Å². The summed E-state index contributed by atoms with van der Waals surface area (Å²) in [4.78, 5) is 33.5. The number of ketones is 1. The van der Waals surface area contributed by atoms with Gasteiger partial charge in [0.2, 0.25) is 0 Å². The van der Waals surface area contributed by atoms with Gasteiger partial charge < -0.3 is 19.3 Å². The van der Waals surface area contributed by atoms with E-state index in [-0.39, 0.29) is 11.3 Å². The predicted octanol–water partition coefficient (Wildman–Crippen LogP) is 7.21. The van der Waals surface area contributed by atoms with Crippen molar-refractivity contribution in [3.8, 4) is 17.2 Å². The zero-order valence-electron chi connectivity index (χ0n) is 24.2. The first kappa shape index (κ1) is 29.1. The molecule has 0 bridgehead atoms. The average Bonchev–Trinajstić information content (AvgIpc) is 3.51. The molecule has 218 valence electrons. The molecule has 1 unspecified atom stereocenters. The minimum Gasteiger partial charge on any atom is -0.507 e. The van der Waals surface area contributed by atoms with Gasteiger partial charge in [0, 0.05) is 5.56 Å². The van der Waals surface area contributed by atoms with Crippen molar-refractivity contribution in [1.29, 1.82) is 0 Å². The second-order valence-electron chi connectivity index (χ2n) is 9.94. The molecule has 1 fully saturated rings. The molecule has 0 aliphatic carbocycles. The third-order valence-electron chi connectivity index (χ3n) is 6.96. The molecule has 42 heavy (non-hydrogen) atoms. The first-order valence-corrected chi connectivity index (χ1v) is 15.0. The highest BCUT2D eigenvalue weighted by molar-refractivity contribution is 7.22. The highest BCUT2D eigenvalue weighted by Crippen LogP contribution is 2.46. The minimum atomic E-state index is -0.942. The number of ether oxygens (including phenoxy) is 3. The van der Waals surface area contributed by atoms with E-state index in [9.17, 15) is 14.7 Å². The van der Waals surface area contributed by atoms with E-state index in [0.29, 0.717) is 53.3 Å². The number of anilines is 1. The fourth-order valence-corrected chi connectivity index (χ4v) is 6.00. The molecule has 1 aliphatic rings. The monoisotopic (exact) mass is 586 g/mol. The Balaban J connectivity index is 1.67. The van der Waals surface area contributed by atoms with E-state index in [1.54, 1.807) is 42.5 Å². The van der Waals surface area contributed by atoms with Gasteiger partial charge in [0.05, 0.1) is 41.7 Å². The van der Waals surface area contributed by atoms with Gasteiger partial charge in [-0.15, -0.1) is 0 Å². The normalized spacial score (nSPS) is 16.3. The van der Waals surface area contributed by atoms with Crippen LogP contribution in [0.3, 0.4) is 0 Å². The first-order valence-electron chi connectivity index (χ1n) is 14.2. The number of nitrogens with zero attached hydrogens (tertiary/aromatic N) is 2. The molecule has 1 saturated heterocycles. The molecule has 0 radical (unpaired) electrons. The number of Topliss-reactive ketones (excluding diaryl/α,β-unsaturated/α-hetero) is 1. The van der Waals surface area contributed by atoms with E-state index in [2.05, 4.69) is 6.92 Å². The van der Waals surface area contributed by atoms with Crippen molar-refractivity contribution in [3.05, 3.63) is 82.9 Å². The Morgan fingerprint density at radius 2 is 1.69 bits per heavy atom. The van der Waals surface area contributed by atoms with Crippen molar-refractivity contribution >= 4 is 44.1 Å². The number of unbranched alkanes of at least 4 members (excludes halogenated alkanes) is 1. The Kier molecular flexibility index (Phi) is 8.77. The highest BCUT2D eigenvalue weighted by atomic mass is 32.1. The molecule has 0 spiro atoms. The van der Waals surface area contributed by atoms with Crippen molar-refractivity contribution < 1.29 is 28.9 Å². The van der Waals surface area contributed by atoms with Gasteiger partial charge in [0.1, 0.15) is 11.5 Å². The van der Waals surface area contributed by atoms with Crippen molar-refractivity contribution in [3.63, 3.8) is 0 Å². The van der Waals surface area contributed by atoms with Gasteiger partial charge in [-0.1, -0.05) is 36.8 Å². The summed E-state index contributed by atoms with van der Waals surface area (Å²) in [5.41, 5.74) is 2.74. The number of fused-ring (bicyclic) bond motifs is 1. The zero-order chi connectivity index (χ0) is 29.8. The molecule has 8 nitrogen and oxygen atoms in total. The maximum absolute atomic E-state index is 13.7. The van der Waals surface area contributed by atoms with Gasteiger partial charge in [-0.05, 0) is 86.8 Å². The maximum atomic E-state index is 13.7. The van der Waals surface area contributed by atoms with Gasteiger partial charge in [-0.3, -0.25) is 14.5 Å². The van der Waals surface area contributed by atoms with Crippen LogP contribution in [0.1, 0.15) is 56.3 Å². The van der Waals surface area contributed by atoms with E-state index in [4.69, 9.17) is 19.2 Å². The smallest absolute Gasteiger partial charge is 0.301 e. The Morgan fingerprint density at radius 1 is 0.929 bits per heavy atom. The number of aromatic nitrogens is 1. The molecule has 1 amide bonds. The van der Waals surface area contributed by atoms with Gasteiger partial charge in [-0.2, -0.15) is 0 Å². The molecular formula is C33H34N2O6S. The Hall–Kier alpha value is -4.37. The van der Waals surface area contributed by atoms with Gasteiger partial charge in [-0.25, -0.2) is 4.98 Å². The van der Waals surface area contributed by atoms with Gasteiger partial charge >= 0.3 is 5.91 Å². The second-order valence-corrected chi connectivity index (χ2v) is 10.9. The standard InChI is InChI=1S/C33H34N2O6S/c1-5-8-17-41-25-16-12-22(19-26(25)40-7-3)29-28(30(36)21-10-13-23(14-11-21)39-6-2)31(37)32(38)35(29)33-34-24-15-9-20(4)18-27(24)42-33/h9-16,18-19,29,36H,5-8,17H2,1-4H3/b30-28+. The fraction of sp³-hybridized carbons (Fsp3) is 0.303. The molecule has 1 N–H and O–H groups in total. The van der Waals surface area contributed by atoms with E-state index in [1.165, 1.54) is 16.2 Å². The molecule has 0 saturated carbocycles. The third-order valence-corrected chi connectivity index (χ3v) is 7.98. The van der Waals surface area contributed by atoms with Crippen LogP contribution in [0.4, 0.5) is 5.13 Å². The topological polar surface area (TPSA) is 98.2 Å². The summed E-state index contributed by atoms with van der Waals surface area (Å²) in [6, 6.07) is 17.0. The summed E-state index contributed by atoms with van der Waals surface area (Å²) in [5, 5.41) is 11.9. The lowest BCUT2D eigenvalue weighted by Crippen LogP contribution is -2.29. The van der Waals surface area contributed by atoms with Crippen LogP contribution in [0.15, 0.2) is 66.2 Å². The van der Waals surface area contributed by atoms with Gasteiger partial charge in [0.15, 0.2) is 16.6 Å². The number of hydrogen-bond acceptors (Lipinski definition) is 8. The van der Waals surface area contributed by atoms with Crippen LogP contribution < -0.4 is 19.1 Å². The van der Waals surface area contributed by atoms with Crippen LogP contribution in [-0.4, -0.2) is 41.6 Å². The van der Waals surface area contributed by atoms with Crippen molar-refractivity contribution in [2.45, 2.75) is 46.6 Å². The number of aliphatic hydroxyl groups is 1. The summed E-state index contributed by atoms with van der Waals surface area (Å²) in [7, 11) is 0. The summed E-state index contributed by atoms with van der Waals surface area (Å²) >= 11 is 1.33. The van der Waals surface area contributed by atoms with Crippen LogP contribution in [-0.2, 0) is 9.59 Å². The van der Waals surface area contributed by atoms with E-state index >= 15 is 0 Å². The zero-order valence-corrected chi connectivity index (χ0v) is 25.0. The number of thiazole rings is 1. The molecule has 4 aromatic rings. The Labute approximate surface area is 249 Å². The summed E-state index contributed by atoms with van der Waals surface area (Å²) in [6.45, 7) is 9.28. The van der Waals surface area contributed by atoms with E-state index in [0.717, 1.165) is 28.6 Å². The quantitative estimate of drug-likeness (QED) is 0.0858. The minimum absolute atomic E-state index is 0.0262. The molecule has 3 aromatic carbocycles. The molecule has 5 rings (SSSR count). The van der Waals surface area contributed by atoms with Crippen LogP contribution in [0.25, 0.3) is 16.0 Å². The predicted molar refractivity (Wildman–Crippen MR) is 165 cm³/mol. The number of aliphatic hydroxyl groups excluding tert-OH is 1. The molecule has 1 atom stereocenters. The van der Waals surface area contributed by atoms with Crippen LogP contribution >= 0.6 is 11.3 Å². The molecule has 9 heteroatoms. The van der Waals surface area contributed by atoms with Crippen molar-refractivity contribution in [1.82, 2.24) is 4.98 Å². The molecule has 1 aromatic heterocycles. The molecule has 1 aliphatic heterocycles.